The second kappa shape index (κ2) is 24.2. The molecule has 2 saturated heterocycles. The predicted octanol–water partition coefficient (Wildman–Crippen LogP) is 10.9. The lowest BCUT2D eigenvalue weighted by Crippen LogP contribution is -2.53. The molecule has 8 aromatic rings. The Morgan fingerprint density at radius 3 is 1.33 bits per heavy atom. The van der Waals surface area contributed by atoms with E-state index in [2.05, 4.69) is 61.1 Å². The number of carbonyl (C=O) groups is 4. The minimum Gasteiger partial charge on any atom is -0.481 e. The Labute approximate surface area is 471 Å². The molecule has 0 aliphatic carbocycles. The fraction of sp³-hybridized carbons (Fsp3) is 0.333. The van der Waals surface area contributed by atoms with Gasteiger partial charge in [0, 0.05) is 98.7 Å². The van der Waals surface area contributed by atoms with E-state index in [4.69, 9.17) is 4.74 Å². The molecule has 2 aromatic carbocycles. The second-order valence-electron chi connectivity index (χ2n) is 18.9. The number of nitrogens with zero attached hydrogens (tertiary/aromatic N) is 10. The number of anilines is 4. The van der Waals surface area contributed by atoms with Gasteiger partial charge in [0.25, 0.3) is 0 Å². The van der Waals surface area contributed by atoms with Gasteiger partial charge < -0.3 is 30.3 Å². The molecule has 5 N–H and O–H groups in total. The Bertz CT molecular complexity index is 3580. The number of carboxylic acids is 1. The van der Waals surface area contributed by atoms with Gasteiger partial charge in [-0.05, 0) is 106 Å². The van der Waals surface area contributed by atoms with Crippen LogP contribution in [0.2, 0.25) is 0 Å². The van der Waals surface area contributed by atoms with Crippen molar-refractivity contribution in [1.29, 1.82) is 0 Å². The normalized spacial score (nSPS) is 15.0. The Morgan fingerprint density at radius 1 is 0.585 bits per heavy atom. The summed E-state index contributed by atoms with van der Waals surface area (Å²) in [5, 5.41) is 21.0. The third-order valence-corrected chi connectivity index (χ3v) is 15.9. The van der Waals surface area contributed by atoms with Crippen LogP contribution in [0.25, 0.3) is 65.2 Å². The van der Waals surface area contributed by atoms with Crippen LogP contribution in [0, 0.1) is 10.8 Å². The molecule has 6 aromatic heterocycles. The lowest BCUT2D eigenvalue weighted by molar-refractivity contribution is -0.240. The van der Waals surface area contributed by atoms with Gasteiger partial charge in [-0.25, -0.2) is 39.5 Å². The van der Waals surface area contributed by atoms with Crippen molar-refractivity contribution in [2.75, 3.05) is 66.3 Å². The van der Waals surface area contributed by atoms with Crippen molar-refractivity contribution in [2.45, 2.75) is 58.8 Å². The molecule has 0 bridgehead atoms. The van der Waals surface area contributed by atoms with Crippen LogP contribution in [0.4, 0.5) is 58.1 Å². The Balaban J connectivity index is 0.000000198. The average molecular weight is 1170 g/mol. The number of pyridine rings is 2. The summed E-state index contributed by atoms with van der Waals surface area (Å²) in [4.78, 5) is 86.8. The van der Waals surface area contributed by atoms with Crippen LogP contribution in [-0.4, -0.2) is 127 Å². The SMILES string of the molecule is CCNC(=O)Nc1nc2cc(-c3cnc(N4CCC(C(=O)O)(C(F)(F)F)CC4)nc3)cc(-c3ccccn3)c2s1.CCNC(=O)Nc1nc2cc(-c3cnc(N4CCC(C(=O)OCC)(C(F)(F)F)CC4)nc3)cc(-c3ccccn3)c2s1. The summed E-state index contributed by atoms with van der Waals surface area (Å²) in [6.45, 7) is 5.57. The molecule has 82 heavy (non-hydrogen) atoms. The monoisotopic (exact) mass is 1170 g/mol. The van der Waals surface area contributed by atoms with E-state index in [9.17, 15) is 50.6 Å². The number of carboxylic acid groups (broad SMARTS) is 1. The van der Waals surface area contributed by atoms with Gasteiger partial charge in [0.05, 0.1) is 38.4 Å². The van der Waals surface area contributed by atoms with E-state index in [0.29, 0.717) is 51.2 Å². The molecule has 2 fully saturated rings. The third-order valence-electron chi connectivity index (χ3n) is 13.9. The summed E-state index contributed by atoms with van der Waals surface area (Å²) < 4.78 is 88.8. The summed E-state index contributed by atoms with van der Waals surface area (Å²) in [6, 6.07) is 17.9. The number of fused-ring (bicyclic) bond motifs is 2. The Morgan fingerprint density at radius 2 is 0.988 bits per heavy atom. The highest BCUT2D eigenvalue weighted by Gasteiger charge is 2.63. The van der Waals surface area contributed by atoms with Crippen molar-refractivity contribution in [3.05, 3.63) is 97.8 Å². The smallest absolute Gasteiger partial charge is 0.405 e. The van der Waals surface area contributed by atoms with Gasteiger partial charge in [0.2, 0.25) is 11.9 Å². The van der Waals surface area contributed by atoms with Crippen molar-refractivity contribution >= 4 is 89.3 Å². The maximum Gasteiger partial charge on any atom is 0.405 e. The molecule has 2 aliphatic rings. The number of hydrogen-bond acceptors (Lipinski definition) is 17. The van der Waals surface area contributed by atoms with E-state index in [1.165, 1.54) is 29.6 Å². The molecule has 28 heteroatoms. The molecule has 0 saturated carbocycles. The van der Waals surface area contributed by atoms with E-state index >= 15 is 0 Å². The van der Waals surface area contributed by atoms with Gasteiger partial charge in [0.1, 0.15) is 0 Å². The van der Waals surface area contributed by atoms with E-state index in [1.807, 2.05) is 74.5 Å². The summed E-state index contributed by atoms with van der Waals surface area (Å²) in [5.74, 6) is -2.61. The van der Waals surface area contributed by atoms with Crippen molar-refractivity contribution in [1.82, 2.24) is 50.5 Å². The van der Waals surface area contributed by atoms with Crippen molar-refractivity contribution in [3.8, 4) is 44.8 Å². The number of aliphatic carboxylic acids is 1. The van der Waals surface area contributed by atoms with Gasteiger partial charge in [-0.1, -0.05) is 34.8 Å². The first kappa shape index (κ1) is 58.0. The van der Waals surface area contributed by atoms with E-state index in [0.717, 1.165) is 37.3 Å². The lowest BCUT2D eigenvalue weighted by atomic mass is 9.77. The third kappa shape index (κ3) is 12.2. The number of ether oxygens (including phenoxy) is 1. The molecular weight excluding hydrogens is 1120 g/mol. The van der Waals surface area contributed by atoms with Gasteiger partial charge >= 0.3 is 36.4 Å². The second-order valence-corrected chi connectivity index (χ2v) is 20.9. The number of halogens is 6. The zero-order valence-electron chi connectivity index (χ0n) is 44.1. The van der Waals surface area contributed by atoms with Gasteiger partial charge in [-0.15, -0.1) is 0 Å². The fourth-order valence-corrected chi connectivity index (χ4v) is 11.4. The molecular formula is C54H52F6N14O6S2. The molecule has 2 aliphatic heterocycles. The summed E-state index contributed by atoms with van der Waals surface area (Å²) in [5.41, 5.74) is 1.81. The number of esters is 1. The number of benzene rings is 2. The molecule has 428 valence electrons. The molecule has 0 radical (unpaired) electrons. The lowest BCUT2D eigenvalue weighted by Gasteiger charge is -2.40. The molecule has 10 rings (SSSR count). The van der Waals surface area contributed by atoms with Crippen LogP contribution in [-0.2, 0) is 14.3 Å². The summed E-state index contributed by atoms with van der Waals surface area (Å²) >= 11 is 2.65. The molecule has 0 unspecified atom stereocenters. The van der Waals surface area contributed by atoms with E-state index in [1.54, 1.807) is 47.0 Å². The number of urea groups is 2. The standard InChI is InChI=1S/C28H28F3N7O3S.C26H24F3N7O3S/c1-3-32-25(40)37-26-36-21-14-17(13-19(22(21)42-26)20-7-5-6-10-33-20)18-15-34-24(35-16-18)38-11-8-27(9-12-38,28(29,30)31)23(39)41-4-2;1-2-30-23(39)35-24-34-19-12-15(11-17(20(19)40-24)18-5-3-4-8-31-18)16-13-32-22(33-14-16)36-9-6-25(7-10-36,21(37)38)26(27,28)29/h5-7,10,13-16H,3-4,8-9,11-12H2,1-2H3,(H2,32,36,37,40);3-5,8,11-14H,2,6-7,9-10H2,1H3,(H,37,38)(H2,30,34,35,39). The quantitative estimate of drug-likeness (QED) is 0.0531. The topological polar surface area (TPSA) is 255 Å². The van der Waals surface area contributed by atoms with Crippen LogP contribution in [0.5, 0.6) is 0 Å². The minimum atomic E-state index is -4.84. The summed E-state index contributed by atoms with van der Waals surface area (Å²) in [7, 11) is 0. The highest BCUT2D eigenvalue weighted by Crippen LogP contribution is 2.49. The van der Waals surface area contributed by atoms with E-state index < -0.39 is 60.8 Å². The minimum absolute atomic E-state index is 0.0480. The number of piperidine rings is 2. The highest BCUT2D eigenvalue weighted by atomic mass is 32.1. The zero-order valence-corrected chi connectivity index (χ0v) is 45.7. The molecule has 0 atom stereocenters. The maximum atomic E-state index is 13.9. The summed E-state index contributed by atoms with van der Waals surface area (Å²) in [6.07, 6.45) is -1.92. The van der Waals surface area contributed by atoms with Crippen molar-refractivity contribution < 1.29 is 55.4 Å². The predicted molar refractivity (Wildman–Crippen MR) is 297 cm³/mol. The van der Waals surface area contributed by atoms with Crippen LogP contribution < -0.4 is 31.1 Å². The molecule has 20 nitrogen and oxygen atoms in total. The first-order chi connectivity index (χ1) is 39.3. The highest BCUT2D eigenvalue weighted by molar-refractivity contribution is 7.23. The number of amides is 4. The van der Waals surface area contributed by atoms with E-state index in [-0.39, 0.29) is 56.7 Å². The maximum absolute atomic E-state index is 13.9. The first-order valence-electron chi connectivity index (χ1n) is 25.8. The molecule has 8 heterocycles. The van der Waals surface area contributed by atoms with Crippen LogP contribution >= 0.6 is 22.7 Å². The number of thiazole rings is 2. The Kier molecular flexibility index (Phi) is 17.1. The number of aromatic nitrogens is 8. The number of alkyl halides is 6. The number of nitrogens with one attached hydrogen (secondary N) is 4. The first-order valence-corrected chi connectivity index (χ1v) is 27.4. The Hall–Kier alpha value is -8.66. The van der Waals surface area contributed by atoms with Gasteiger partial charge in [-0.2, -0.15) is 26.3 Å². The number of carbonyl (C=O) groups excluding carboxylic acids is 3. The largest absolute Gasteiger partial charge is 0.481 e. The van der Waals surface area contributed by atoms with Crippen molar-refractivity contribution in [3.63, 3.8) is 0 Å². The van der Waals surface area contributed by atoms with Crippen LogP contribution in [0.15, 0.2) is 97.8 Å². The fourth-order valence-electron chi connectivity index (χ4n) is 9.47. The zero-order chi connectivity index (χ0) is 58.4. The van der Waals surface area contributed by atoms with Crippen LogP contribution in [0.3, 0.4) is 0 Å². The van der Waals surface area contributed by atoms with Crippen LogP contribution in [0.1, 0.15) is 46.5 Å². The molecule has 0 spiro atoms. The average Bonchev–Trinajstić information content (AvgIpc) is 4.20. The molecule has 4 amide bonds. The van der Waals surface area contributed by atoms with Crippen molar-refractivity contribution in [2.24, 2.45) is 10.8 Å². The number of hydrogen-bond donors (Lipinski definition) is 5. The number of rotatable bonds is 13. The van der Waals surface area contributed by atoms with Gasteiger partial charge in [-0.3, -0.25) is 30.2 Å². The van der Waals surface area contributed by atoms with Gasteiger partial charge in [0.15, 0.2) is 21.1 Å².